The predicted molar refractivity (Wildman–Crippen MR) is 87.4 cm³/mol. The Kier molecular flexibility index (Phi) is 5.98. The first-order valence-electron chi connectivity index (χ1n) is 7.69. The lowest BCUT2D eigenvalue weighted by Crippen LogP contribution is -2.48. The summed E-state index contributed by atoms with van der Waals surface area (Å²) in [5.41, 5.74) is 8.28. The molecule has 0 aliphatic carbocycles. The lowest BCUT2D eigenvalue weighted by atomic mass is 10.1. The van der Waals surface area contributed by atoms with Crippen LogP contribution in [-0.2, 0) is 11.3 Å². The molecule has 1 saturated heterocycles. The van der Waals surface area contributed by atoms with Gasteiger partial charge in [0.1, 0.15) is 6.61 Å². The first-order chi connectivity index (χ1) is 10.6. The molecule has 1 fully saturated rings. The maximum atomic E-state index is 11.7. The van der Waals surface area contributed by atoms with E-state index in [2.05, 4.69) is 35.7 Å². The van der Waals surface area contributed by atoms with E-state index in [9.17, 15) is 4.79 Å². The van der Waals surface area contributed by atoms with Gasteiger partial charge in [0.2, 0.25) is 0 Å². The Morgan fingerprint density at radius 3 is 2.50 bits per heavy atom. The largest absolute Gasteiger partial charge is 0.445 e. The Balaban J connectivity index is 1.79. The highest BCUT2D eigenvalue weighted by Crippen LogP contribution is 2.13. The molecule has 1 aromatic carbocycles. The SMILES string of the molecule is C=CCOC(=O)N1CCN(Cc2ccc(C(C)N)cc2)CC1. The molecular formula is C17H25N3O2. The standard InChI is InChI=1S/C17H25N3O2/c1-3-12-22-17(21)20-10-8-19(9-11-20)13-15-4-6-16(7-5-15)14(2)18/h3-7,14H,1,8-13,18H2,2H3. The number of piperazine rings is 1. The topological polar surface area (TPSA) is 58.8 Å². The number of rotatable bonds is 5. The van der Waals surface area contributed by atoms with Crippen LogP contribution in [0.5, 0.6) is 0 Å². The van der Waals surface area contributed by atoms with Gasteiger partial charge in [-0.05, 0) is 18.1 Å². The van der Waals surface area contributed by atoms with E-state index in [1.165, 1.54) is 5.56 Å². The molecule has 2 N–H and O–H groups in total. The number of hydrogen-bond donors (Lipinski definition) is 1. The number of carbonyl (C=O) groups excluding carboxylic acids is 1. The third-order valence-corrected chi connectivity index (χ3v) is 3.87. The van der Waals surface area contributed by atoms with Gasteiger partial charge in [-0.3, -0.25) is 4.90 Å². The molecule has 0 radical (unpaired) electrons. The molecule has 2 rings (SSSR count). The number of carbonyl (C=O) groups is 1. The average Bonchev–Trinajstić information content (AvgIpc) is 2.54. The van der Waals surface area contributed by atoms with Crippen LogP contribution in [0.15, 0.2) is 36.9 Å². The molecule has 22 heavy (non-hydrogen) atoms. The molecule has 1 unspecified atom stereocenters. The van der Waals surface area contributed by atoms with Gasteiger partial charge in [0.05, 0.1) is 0 Å². The first-order valence-corrected chi connectivity index (χ1v) is 7.69. The normalized spacial score (nSPS) is 17.1. The fourth-order valence-corrected chi connectivity index (χ4v) is 2.49. The molecule has 1 aliphatic rings. The summed E-state index contributed by atoms with van der Waals surface area (Å²) in [5.74, 6) is 0. The third kappa shape index (κ3) is 4.58. The average molecular weight is 303 g/mol. The Hall–Kier alpha value is -1.85. The van der Waals surface area contributed by atoms with Crippen LogP contribution in [0.1, 0.15) is 24.1 Å². The summed E-state index contributed by atoms with van der Waals surface area (Å²) < 4.78 is 5.06. The second-order valence-corrected chi connectivity index (χ2v) is 5.66. The molecule has 0 aromatic heterocycles. The van der Waals surface area contributed by atoms with E-state index in [-0.39, 0.29) is 18.7 Å². The number of nitrogens with zero attached hydrogens (tertiary/aromatic N) is 2. The van der Waals surface area contributed by atoms with Crippen molar-refractivity contribution < 1.29 is 9.53 Å². The summed E-state index contributed by atoms with van der Waals surface area (Å²) in [6.45, 7) is 9.82. The van der Waals surface area contributed by atoms with Crippen LogP contribution in [0.3, 0.4) is 0 Å². The highest BCUT2D eigenvalue weighted by Gasteiger charge is 2.21. The van der Waals surface area contributed by atoms with Gasteiger partial charge >= 0.3 is 6.09 Å². The molecule has 5 nitrogen and oxygen atoms in total. The lowest BCUT2D eigenvalue weighted by Gasteiger charge is -2.34. The molecule has 1 atom stereocenters. The molecule has 1 aromatic rings. The van der Waals surface area contributed by atoms with Gasteiger partial charge < -0.3 is 15.4 Å². The van der Waals surface area contributed by atoms with Gasteiger partial charge in [0.15, 0.2) is 0 Å². The number of nitrogens with two attached hydrogens (primary N) is 1. The zero-order valence-electron chi connectivity index (χ0n) is 13.2. The van der Waals surface area contributed by atoms with Gasteiger partial charge in [-0.1, -0.05) is 36.9 Å². The summed E-state index contributed by atoms with van der Waals surface area (Å²) in [6.07, 6.45) is 1.33. The predicted octanol–water partition coefficient (Wildman–Crippen LogP) is 2.15. The van der Waals surface area contributed by atoms with Crippen molar-refractivity contribution in [3.8, 4) is 0 Å². The number of ether oxygens (including phenoxy) is 1. The third-order valence-electron chi connectivity index (χ3n) is 3.87. The first kappa shape index (κ1) is 16.5. The Bertz CT molecular complexity index is 491. The van der Waals surface area contributed by atoms with Crippen LogP contribution in [0, 0.1) is 0 Å². The van der Waals surface area contributed by atoms with Crippen molar-refractivity contribution in [1.29, 1.82) is 0 Å². The fourth-order valence-electron chi connectivity index (χ4n) is 2.49. The molecule has 0 saturated carbocycles. The quantitative estimate of drug-likeness (QED) is 0.847. The van der Waals surface area contributed by atoms with E-state index in [1.807, 2.05) is 6.92 Å². The smallest absolute Gasteiger partial charge is 0.410 e. The summed E-state index contributed by atoms with van der Waals surface area (Å²) in [6, 6.07) is 8.50. The molecule has 120 valence electrons. The number of amides is 1. The van der Waals surface area contributed by atoms with E-state index in [0.717, 1.165) is 25.2 Å². The Morgan fingerprint density at radius 2 is 1.95 bits per heavy atom. The minimum Gasteiger partial charge on any atom is -0.445 e. The highest BCUT2D eigenvalue weighted by atomic mass is 16.6. The van der Waals surface area contributed by atoms with Crippen molar-refractivity contribution in [2.75, 3.05) is 32.8 Å². The monoisotopic (exact) mass is 303 g/mol. The number of hydrogen-bond acceptors (Lipinski definition) is 4. The summed E-state index contributed by atoms with van der Waals surface area (Å²) in [5, 5.41) is 0. The molecule has 0 bridgehead atoms. The van der Waals surface area contributed by atoms with Crippen LogP contribution < -0.4 is 5.73 Å². The van der Waals surface area contributed by atoms with E-state index in [1.54, 1.807) is 11.0 Å². The summed E-state index contributed by atoms with van der Waals surface area (Å²) >= 11 is 0. The van der Waals surface area contributed by atoms with Crippen molar-refractivity contribution in [1.82, 2.24) is 9.80 Å². The zero-order chi connectivity index (χ0) is 15.9. The van der Waals surface area contributed by atoms with Crippen molar-refractivity contribution in [2.24, 2.45) is 5.73 Å². The number of benzene rings is 1. The van der Waals surface area contributed by atoms with E-state index < -0.39 is 0 Å². The van der Waals surface area contributed by atoms with E-state index in [0.29, 0.717) is 13.1 Å². The second kappa shape index (κ2) is 7.96. The second-order valence-electron chi connectivity index (χ2n) is 5.66. The lowest BCUT2D eigenvalue weighted by molar-refractivity contribution is 0.0813. The van der Waals surface area contributed by atoms with Crippen molar-refractivity contribution >= 4 is 6.09 Å². The van der Waals surface area contributed by atoms with Crippen molar-refractivity contribution in [2.45, 2.75) is 19.5 Å². The van der Waals surface area contributed by atoms with Gasteiger partial charge in [0, 0.05) is 38.8 Å². The van der Waals surface area contributed by atoms with Crippen LogP contribution in [-0.4, -0.2) is 48.7 Å². The van der Waals surface area contributed by atoms with Gasteiger partial charge in [0.25, 0.3) is 0 Å². The molecule has 1 heterocycles. The molecule has 5 heteroatoms. The van der Waals surface area contributed by atoms with Crippen LogP contribution in [0.2, 0.25) is 0 Å². The van der Waals surface area contributed by atoms with E-state index >= 15 is 0 Å². The minimum atomic E-state index is -0.249. The molecular weight excluding hydrogens is 278 g/mol. The summed E-state index contributed by atoms with van der Waals surface area (Å²) in [4.78, 5) is 15.8. The van der Waals surface area contributed by atoms with Crippen LogP contribution in [0.4, 0.5) is 4.79 Å². The fraction of sp³-hybridized carbons (Fsp3) is 0.471. The summed E-state index contributed by atoms with van der Waals surface area (Å²) in [7, 11) is 0. The van der Waals surface area contributed by atoms with Crippen LogP contribution >= 0.6 is 0 Å². The van der Waals surface area contributed by atoms with Crippen molar-refractivity contribution in [3.05, 3.63) is 48.0 Å². The molecule has 0 spiro atoms. The van der Waals surface area contributed by atoms with Crippen molar-refractivity contribution in [3.63, 3.8) is 0 Å². The van der Waals surface area contributed by atoms with Gasteiger partial charge in [-0.15, -0.1) is 0 Å². The van der Waals surface area contributed by atoms with Gasteiger partial charge in [-0.25, -0.2) is 4.79 Å². The minimum absolute atomic E-state index is 0.0687. The molecule has 1 aliphatic heterocycles. The Morgan fingerprint density at radius 1 is 1.32 bits per heavy atom. The zero-order valence-corrected chi connectivity index (χ0v) is 13.2. The van der Waals surface area contributed by atoms with Gasteiger partial charge in [-0.2, -0.15) is 0 Å². The van der Waals surface area contributed by atoms with Crippen LogP contribution in [0.25, 0.3) is 0 Å². The highest BCUT2D eigenvalue weighted by molar-refractivity contribution is 5.67. The van der Waals surface area contributed by atoms with E-state index in [4.69, 9.17) is 10.5 Å². The Labute approximate surface area is 132 Å². The maximum absolute atomic E-state index is 11.7. The molecule has 1 amide bonds. The maximum Gasteiger partial charge on any atom is 0.410 e.